The van der Waals surface area contributed by atoms with Crippen LogP contribution in [0.1, 0.15) is 5.56 Å². The molecule has 8 heteroatoms. The van der Waals surface area contributed by atoms with E-state index in [9.17, 15) is 10.2 Å². The summed E-state index contributed by atoms with van der Waals surface area (Å²) in [6.45, 7) is -0.109. The van der Waals surface area contributed by atoms with E-state index in [1.165, 1.54) is 11.8 Å². The molecule has 0 aromatic heterocycles. The summed E-state index contributed by atoms with van der Waals surface area (Å²) < 4.78 is 11.7. The lowest BCUT2D eigenvalue weighted by molar-refractivity contribution is -0.185. The van der Waals surface area contributed by atoms with E-state index >= 15 is 0 Å². The van der Waals surface area contributed by atoms with Crippen LogP contribution in [-0.2, 0) is 16.1 Å². The van der Waals surface area contributed by atoms with Crippen LogP contribution in [0.3, 0.4) is 0 Å². The van der Waals surface area contributed by atoms with E-state index in [2.05, 4.69) is 10.0 Å². The molecule has 1 heterocycles. The molecule has 0 bridgehead atoms. The van der Waals surface area contributed by atoms with Crippen molar-refractivity contribution in [3.05, 3.63) is 76.7 Å². The van der Waals surface area contributed by atoms with E-state index in [1.54, 1.807) is 0 Å². The van der Waals surface area contributed by atoms with Crippen molar-refractivity contribution in [2.75, 3.05) is 6.61 Å². The molecule has 7 nitrogen and oxygen atoms in total. The Hall–Kier alpha value is -2.06. The minimum atomic E-state index is -1.11. The fourth-order valence-corrected chi connectivity index (χ4v) is 4.06. The molecular formula is C19H21N3O4S. The Morgan fingerprint density at radius 2 is 1.78 bits per heavy atom. The lowest BCUT2D eigenvalue weighted by atomic mass is 9.98. The van der Waals surface area contributed by atoms with Crippen molar-refractivity contribution in [2.45, 2.75) is 41.3 Å². The first-order chi connectivity index (χ1) is 13.2. The summed E-state index contributed by atoms with van der Waals surface area (Å²) in [7, 11) is 0. The smallest absolute Gasteiger partial charge is 0.119 e. The second-order valence-corrected chi connectivity index (χ2v) is 7.28. The molecule has 0 radical (unpaired) electrons. The number of hydrogen-bond acceptors (Lipinski definition) is 6. The van der Waals surface area contributed by atoms with E-state index in [4.69, 9.17) is 15.0 Å². The third-order valence-corrected chi connectivity index (χ3v) is 5.45. The van der Waals surface area contributed by atoms with Crippen LogP contribution in [0, 0.1) is 0 Å². The molecule has 142 valence electrons. The van der Waals surface area contributed by atoms with Gasteiger partial charge in [0.25, 0.3) is 0 Å². The minimum Gasteiger partial charge on any atom is -0.394 e. The molecule has 0 amide bonds. The standard InChI is InChI=1S/C19H21N3O4S/c20-22-21-16-18(25-12-13-7-3-1-4-8-13)17(24)15(11-23)26-19(16)27-14-9-5-2-6-10-14/h1-10,15-19,23-24H,11-12H2/t15-,16+,17-,18-,19-/m1/s1. The van der Waals surface area contributed by atoms with Crippen molar-refractivity contribution in [2.24, 2.45) is 5.11 Å². The van der Waals surface area contributed by atoms with Crippen molar-refractivity contribution < 1.29 is 19.7 Å². The summed E-state index contributed by atoms with van der Waals surface area (Å²) in [5.74, 6) is 0. The van der Waals surface area contributed by atoms with Gasteiger partial charge in [0, 0.05) is 9.81 Å². The van der Waals surface area contributed by atoms with Crippen molar-refractivity contribution in [3.8, 4) is 0 Å². The van der Waals surface area contributed by atoms with Gasteiger partial charge in [-0.15, -0.1) is 0 Å². The molecule has 0 unspecified atom stereocenters. The second kappa shape index (κ2) is 9.75. The number of ether oxygens (including phenoxy) is 2. The molecule has 1 aliphatic heterocycles. The van der Waals surface area contributed by atoms with Gasteiger partial charge < -0.3 is 19.7 Å². The third kappa shape index (κ3) is 5.01. The SMILES string of the molecule is [N-]=[N+]=N[C@H]1[C@@H](OCc2ccccc2)[C@H](O)[C@@H](CO)O[C@@H]1Sc1ccccc1. The van der Waals surface area contributed by atoms with Gasteiger partial charge in [-0.05, 0) is 23.2 Å². The Bertz CT molecular complexity index is 758. The molecule has 1 saturated heterocycles. The molecule has 2 N–H and O–H groups in total. The van der Waals surface area contributed by atoms with Crippen LogP contribution in [0.25, 0.3) is 10.4 Å². The first-order valence-electron chi connectivity index (χ1n) is 8.58. The third-order valence-electron chi connectivity index (χ3n) is 4.29. The molecule has 1 fully saturated rings. The van der Waals surface area contributed by atoms with Gasteiger partial charge in [0.1, 0.15) is 23.7 Å². The fraction of sp³-hybridized carbons (Fsp3) is 0.368. The van der Waals surface area contributed by atoms with Crippen molar-refractivity contribution in [1.82, 2.24) is 0 Å². The Balaban J connectivity index is 1.81. The monoisotopic (exact) mass is 387 g/mol. The highest BCUT2D eigenvalue weighted by Gasteiger charge is 2.45. The zero-order valence-corrected chi connectivity index (χ0v) is 15.4. The van der Waals surface area contributed by atoms with E-state index in [0.717, 1.165) is 10.5 Å². The maximum absolute atomic E-state index is 10.6. The first kappa shape index (κ1) is 19.7. The molecule has 5 atom stereocenters. The summed E-state index contributed by atoms with van der Waals surface area (Å²) in [6.07, 6.45) is -2.73. The predicted molar refractivity (Wildman–Crippen MR) is 102 cm³/mol. The molecule has 2 aromatic rings. The van der Waals surface area contributed by atoms with Crippen LogP contribution in [0.2, 0.25) is 0 Å². The Labute approximate surface area is 161 Å². The number of azide groups is 1. The normalized spacial score (nSPS) is 27.7. The van der Waals surface area contributed by atoms with Gasteiger partial charge >= 0.3 is 0 Å². The molecule has 2 aromatic carbocycles. The van der Waals surface area contributed by atoms with Gasteiger partial charge in [-0.2, -0.15) is 0 Å². The average molecular weight is 387 g/mol. The maximum Gasteiger partial charge on any atom is 0.119 e. The number of nitrogens with zero attached hydrogens (tertiary/aromatic N) is 3. The Kier molecular flexibility index (Phi) is 7.11. The first-order valence-corrected chi connectivity index (χ1v) is 9.46. The number of hydrogen-bond donors (Lipinski definition) is 2. The van der Waals surface area contributed by atoms with Crippen molar-refractivity contribution in [3.63, 3.8) is 0 Å². The zero-order chi connectivity index (χ0) is 19.1. The number of aliphatic hydroxyl groups is 2. The average Bonchev–Trinajstić information content (AvgIpc) is 2.71. The van der Waals surface area contributed by atoms with Crippen molar-refractivity contribution in [1.29, 1.82) is 0 Å². The van der Waals surface area contributed by atoms with E-state index in [-0.39, 0.29) is 13.2 Å². The number of benzene rings is 2. The van der Waals surface area contributed by atoms with Crippen LogP contribution in [-0.4, -0.2) is 46.6 Å². The maximum atomic E-state index is 10.6. The van der Waals surface area contributed by atoms with E-state index in [1.807, 2.05) is 60.7 Å². The summed E-state index contributed by atoms with van der Waals surface area (Å²) >= 11 is 1.37. The van der Waals surface area contributed by atoms with Crippen LogP contribution < -0.4 is 0 Å². The zero-order valence-electron chi connectivity index (χ0n) is 14.5. The van der Waals surface area contributed by atoms with Gasteiger partial charge in [0.2, 0.25) is 0 Å². The summed E-state index contributed by atoms with van der Waals surface area (Å²) in [5, 5.41) is 24.0. The number of aliphatic hydroxyl groups excluding tert-OH is 2. The van der Waals surface area contributed by atoms with Gasteiger partial charge in [-0.25, -0.2) is 0 Å². The topological polar surface area (TPSA) is 108 Å². The van der Waals surface area contributed by atoms with E-state index in [0.29, 0.717) is 0 Å². The quantitative estimate of drug-likeness (QED) is 0.431. The lowest BCUT2D eigenvalue weighted by Gasteiger charge is -2.42. The predicted octanol–water partition coefficient (Wildman–Crippen LogP) is 3.12. The number of rotatable bonds is 7. The van der Waals surface area contributed by atoms with Gasteiger partial charge in [0.05, 0.1) is 19.3 Å². The highest BCUT2D eigenvalue weighted by atomic mass is 32.2. The van der Waals surface area contributed by atoms with Crippen LogP contribution in [0.5, 0.6) is 0 Å². The largest absolute Gasteiger partial charge is 0.394 e. The molecule has 27 heavy (non-hydrogen) atoms. The highest BCUT2D eigenvalue weighted by Crippen LogP contribution is 2.36. The second-order valence-electron chi connectivity index (χ2n) is 6.10. The fourth-order valence-electron chi connectivity index (χ4n) is 2.93. The van der Waals surface area contributed by atoms with Gasteiger partial charge in [0.15, 0.2) is 0 Å². The van der Waals surface area contributed by atoms with Crippen LogP contribution in [0.4, 0.5) is 0 Å². The minimum absolute atomic E-state index is 0.251. The molecule has 3 rings (SSSR count). The van der Waals surface area contributed by atoms with Gasteiger partial charge in [-0.3, -0.25) is 0 Å². The molecule has 1 aliphatic rings. The lowest BCUT2D eigenvalue weighted by Crippen LogP contribution is -2.57. The van der Waals surface area contributed by atoms with Crippen LogP contribution in [0.15, 0.2) is 70.7 Å². The van der Waals surface area contributed by atoms with E-state index < -0.39 is 29.8 Å². The van der Waals surface area contributed by atoms with Crippen molar-refractivity contribution >= 4 is 11.8 Å². The molecule has 0 spiro atoms. The summed E-state index contributed by atoms with van der Waals surface area (Å²) in [6, 6.07) is 18.3. The Morgan fingerprint density at radius 3 is 2.41 bits per heavy atom. The summed E-state index contributed by atoms with van der Waals surface area (Å²) in [5.41, 5.74) is 9.36. The Morgan fingerprint density at radius 1 is 1.11 bits per heavy atom. The van der Waals surface area contributed by atoms with Crippen LogP contribution >= 0.6 is 11.8 Å². The molecule has 0 saturated carbocycles. The number of thioether (sulfide) groups is 1. The highest BCUT2D eigenvalue weighted by molar-refractivity contribution is 7.99. The summed E-state index contributed by atoms with van der Waals surface area (Å²) in [4.78, 5) is 3.85. The molecule has 0 aliphatic carbocycles. The molecular weight excluding hydrogens is 366 g/mol. The van der Waals surface area contributed by atoms with Gasteiger partial charge in [-0.1, -0.05) is 65.4 Å².